The molecule has 0 saturated carbocycles. The maximum Gasteiger partial charge on any atom is 0.335 e. The number of rotatable bonds is 1. The van der Waals surface area contributed by atoms with Gasteiger partial charge in [-0.2, -0.15) is 0 Å². The molecule has 0 spiro atoms. The zero-order valence-electron chi connectivity index (χ0n) is 7.59. The summed E-state index contributed by atoms with van der Waals surface area (Å²) in [5.74, 6) is -0.864. The van der Waals surface area contributed by atoms with Crippen LogP contribution in [0.4, 0.5) is 0 Å². The van der Waals surface area contributed by atoms with Crippen LogP contribution in [0.1, 0.15) is 21.5 Å². The third kappa shape index (κ3) is 3.37. The molecule has 1 aromatic rings. The van der Waals surface area contributed by atoms with Crippen LogP contribution >= 0.6 is 0 Å². The van der Waals surface area contributed by atoms with Gasteiger partial charge in [0.25, 0.3) is 0 Å². The molecule has 0 saturated heterocycles. The largest absolute Gasteiger partial charge is 0.478 e. The van der Waals surface area contributed by atoms with Crippen molar-refractivity contribution in [2.24, 2.45) is 0 Å². The molecule has 0 fully saturated rings. The van der Waals surface area contributed by atoms with Crippen LogP contribution in [0.15, 0.2) is 18.2 Å². The average molecular weight is 189 g/mol. The minimum atomic E-state index is -0.864. The predicted octanol–water partition coefficient (Wildman–Crippen LogP) is 1.62. The van der Waals surface area contributed by atoms with Crippen molar-refractivity contribution in [1.82, 2.24) is 0 Å². The fourth-order valence-electron chi connectivity index (χ4n) is 1.10. The van der Waals surface area contributed by atoms with E-state index in [4.69, 9.17) is 5.11 Å². The first-order chi connectivity index (χ1) is 5.09. The third-order valence-electron chi connectivity index (χ3n) is 1.47. The van der Waals surface area contributed by atoms with Crippen LogP contribution in [0.3, 0.4) is 0 Å². The van der Waals surface area contributed by atoms with E-state index < -0.39 is 5.97 Å². The van der Waals surface area contributed by atoms with Gasteiger partial charge in [-0.25, -0.2) is 4.79 Å². The Kier molecular flexibility index (Phi) is 5.28. The minimum absolute atomic E-state index is 0. The Morgan fingerprint density at radius 1 is 1.17 bits per heavy atom. The van der Waals surface area contributed by atoms with Crippen molar-refractivity contribution in [3.63, 3.8) is 0 Å². The second kappa shape index (κ2) is 5.14. The van der Waals surface area contributed by atoms with Gasteiger partial charge in [-0.1, -0.05) is 17.2 Å². The van der Waals surface area contributed by atoms with Crippen molar-refractivity contribution in [1.29, 1.82) is 0 Å². The Labute approximate surface area is 114 Å². The monoisotopic (exact) mass is 189 g/mol. The molecule has 0 heterocycles. The molecule has 1 rings (SSSR count). The van der Waals surface area contributed by atoms with Gasteiger partial charge in [0.05, 0.1) is 5.56 Å². The zero-order chi connectivity index (χ0) is 8.43. The number of benzene rings is 1. The van der Waals surface area contributed by atoms with E-state index in [0.29, 0.717) is 5.56 Å². The molecule has 0 aliphatic rings. The molecule has 0 aromatic heterocycles. The van der Waals surface area contributed by atoms with Crippen LogP contribution < -0.4 is 0 Å². The molecule has 1 N–H and O–H groups in total. The summed E-state index contributed by atoms with van der Waals surface area (Å²) in [7, 11) is 0. The topological polar surface area (TPSA) is 37.3 Å². The van der Waals surface area contributed by atoms with Crippen molar-refractivity contribution in [2.75, 3.05) is 0 Å². The molecule has 0 unspecified atom stereocenters. The molecule has 1 aromatic carbocycles. The molecular formula is C9H10KO2. The van der Waals surface area contributed by atoms with Gasteiger partial charge in [0, 0.05) is 51.4 Å². The number of carboxylic acid groups (broad SMARTS) is 1. The molecule has 2 nitrogen and oxygen atoms in total. The van der Waals surface area contributed by atoms with E-state index in [9.17, 15) is 4.79 Å². The SMILES string of the molecule is Cc1cc(C)cc(C(=O)O)c1.[K]. The van der Waals surface area contributed by atoms with Crippen molar-refractivity contribution in [2.45, 2.75) is 13.8 Å². The molecule has 0 atom stereocenters. The zero-order valence-corrected chi connectivity index (χ0v) is 10.7. The molecule has 0 bridgehead atoms. The second-order valence-electron chi connectivity index (χ2n) is 2.68. The summed E-state index contributed by atoms with van der Waals surface area (Å²) >= 11 is 0. The van der Waals surface area contributed by atoms with E-state index in [-0.39, 0.29) is 51.4 Å². The number of hydrogen-bond donors (Lipinski definition) is 1. The van der Waals surface area contributed by atoms with E-state index >= 15 is 0 Å². The van der Waals surface area contributed by atoms with E-state index in [0.717, 1.165) is 11.1 Å². The smallest absolute Gasteiger partial charge is 0.335 e. The minimum Gasteiger partial charge on any atom is -0.478 e. The van der Waals surface area contributed by atoms with Gasteiger partial charge in [-0.05, 0) is 26.0 Å². The fraction of sp³-hybridized carbons (Fsp3) is 0.222. The second-order valence-corrected chi connectivity index (χ2v) is 2.68. The molecule has 12 heavy (non-hydrogen) atoms. The van der Waals surface area contributed by atoms with E-state index in [2.05, 4.69) is 0 Å². The molecule has 0 aliphatic carbocycles. The molecule has 3 heteroatoms. The van der Waals surface area contributed by atoms with E-state index in [1.54, 1.807) is 12.1 Å². The first-order valence-electron chi connectivity index (χ1n) is 3.41. The number of aromatic carboxylic acids is 1. The van der Waals surface area contributed by atoms with Gasteiger partial charge in [-0.15, -0.1) is 0 Å². The summed E-state index contributed by atoms with van der Waals surface area (Å²) in [6, 6.07) is 5.27. The van der Waals surface area contributed by atoms with Gasteiger partial charge in [-0.3, -0.25) is 0 Å². The maximum absolute atomic E-state index is 10.5. The molecular weight excluding hydrogens is 179 g/mol. The van der Waals surface area contributed by atoms with Crippen molar-refractivity contribution in [3.8, 4) is 0 Å². The number of carbonyl (C=O) groups is 1. The number of aryl methyl sites for hydroxylation is 2. The molecule has 0 aliphatic heterocycles. The standard InChI is InChI=1S/C9H10O2.K/c1-6-3-7(2)5-8(4-6)9(10)11;/h3-5H,1-2H3,(H,10,11);. The van der Waals surface area contributed by atoms with Crippen molar-refractivity contribution >= 4 is 57.4 Å². The Balaban J connectivity index is 0.00000121. The van der Waals surface area contributed by atoms with E-state index in [1.165, 1.54) is 0 Å². The third-order valence-corrected chi connectivity index (χ3v) is 1.47. The average Bonchev–Trinajstić information content (AvgIpc) is 1.85. The Morgan fingerprint density at radius 2 is 1.58 bits per heavy atom. The Morgan fingerprint density at radius 3 is 1.92 bits per heavy atom. The van der Waals surface area contributed by atoms with Gasteiger partial charge in [0.15, 0.2) is 0 Å². The van der Waals surface area contributed by atoms with Crippen LogP contribution in [0, 0.1) is 13.8 Å². The summed E-state index contributed by atoms with van der Waals surface area (Å²) < 4.78 is 0. The summed E-state index contributed by atoms with van der Waals surface area (Å²) in [5.41, 5.74) is 2.34. The number of carboxylic acids is 1. The van der Waals surface area contributed by atoms with Crippen LogP contribution in [-0.4, -0.2) is 62.5 Å². The van der Waals surface area contributed by atoms with Crippen molar-refractivity contribution in [3.05, 3.63) is 34.9 Å². The predicted molar refractivity (Wildman–Crippen MR) is 48.6 cm³/mol. The molecule has 1 radical (unpaired) electrons. The summed E-state index contributed by atoms with van der Waals surface area (Å²) in [6.07, 6.45) is 0. The fourth-order valence-corrected chi connectivity index (χ4v) is 1.10. The molecule has 0 amide bonds. The Hall–Kier alpha value is 0.326. The van der Waals surface area contributed by atoms with Crippen molar-refractivity contribution < 1.29 is 9.90 Å². The van der Waals surface area contributed by atoms with Crippen LogP contribution in [0.25, 0.3) is 0 Å². The summed E-state index contributed by atoms with van der Waals surface area (Å²) in [6.45, 7) is 3.78. The van der Waals surface area contributed by atoms with Crippen LogP contribution in [0.2, 0.25) is 0 Å². The first kappa shape index (κ1) is 12.3. The summed E-state index contributed by atoms with van der Waals surface area (Å²) in [4.78, 5) is 10.5. The van der Waals surface area contributed by atoms with Crippen LogP contribution in [0.5, 0.6) is 0 Å². The van der Waals surface area contributed by atoms with Gasteiger partial charge in [0.2, 0.25) is 0 Å². The van der Waals surface area contributed by atoms with Crippen LogP contribution in [-0.2, 0) is 0 Å². The number of hydrogen-bond acceptors (Lipinski definition) is 1. The molecule has 59 valence electrons. The normalized spacial score (nSPS) is 8.83. The maximum atomic E-state index is 10.5. The first-order valence-corrected chi connectivity index (χ1v) is 3.41. The van der Waals surface area contributed by atoms with Gasteiger partial charge >= 0.3 is 5.97 Å². The van der Waals surface area contributed by atoms with E-state index in [1.807, 2.05) is 19.9 Å². The summed E-state index contributed by atoms with van der Waals surface area (Å²) in [5, 5.41) is 8.63. The Bertz CT molecular complexity index is 274. The van der Waals surface area contributed by atoms with Gasteiger partial charge < -0.3 is 5.11 Å². The van der Waals surface area contributed by atoms with Gasteiger partial charge in [0.1, 0.15) is 0 Å². The quantitative estimate of drug-likeness (QED) is 0.682.